The minimum Gasteiger partial charge on any atom is -0.361 e. The molecule has 0 fully saturated rings. The molecule has 1 rings (SSSR count). The van der Waals surface area contributed by atoms with Crippen LogP contribution in [-0.2, 0) is 11.8 Å². The predicted molar refractivity (Wildman–Crippen MR) is 52.8 cm³/mol. The minimum atomic E-state index is 0.0847. The average Bonchev–Trinajstić information content (AvgIpc) is 2.47. The van der Waals surface area contributed by atoms with E-state index in [0.29, 0.717) is 0 Å². The third kappa shape index (κ3) is 2.84. The van der Waals surface area contributed by atoms with Gasteiger partial charge >= 0.3 is 0 Å². The van der Waals surface area contributed by atoms with Crippen LogP contribution in [0.5, 0.6) is 0 Å². The Bertz CT molecular complexity index is 260. The maximum Gasteiger partial charge on any atom is 0.138 e. The number of nitrogens with zero attached hydrogens (tertiary/aromatic N) is 1. The fourth-order valence-corrected chi connectivity index (χ4v) is 1.03. The van der Waals surface area contributed by atoms with Crippen molar-refractivity contribution in [2.75, 3.05) is 13.6 Å². The van der Waals surface area contributed by atoms with Gasteiger partial charge in [-0.2, -0.15) is 0 Å². The van der Waals surface area contributed by atoms with Gasteiger partial charge < -0.3 is 9.84 Å². The van der Waals surface area contributed by atoms with Crippen LogP contribution in [0.1, 0.15) is 32.2 Å². The standard InChI is InChI=1S/C10H18N2O/c1-10(2,3)9-7-8(13-12-9)5-6-11-4/h7,11H,5-6H2,1-4H3. The molecule has 3 heteroatoms. The van der Waals surface area contributed by atoms with Crippen molar-refractivity contribution in [2.24, 2.45) is 0 Å². The van der Waals surface area contributed by atoms with Gasteiger partial charge in [-0.05, 0) is 7.05 Å². The van der Waals surface area contributed by atoms with Crippen molar-refractivity contribution in [1.82, 2.24) is 10.5 Å². The average molecular weight is 182 g/mol. The molecular weight excluding hydrogens is 164 g/mol. The second kappa shape index (κ2) is 3.92. The lowest BCUT2D eigenvalue weighted by Gasteiger charge is -2.12. The van der Waals surface area contributed by atoms with Crippen LogP contribution in [-0.4, -0.2) is 18.7 Å². The van der Waals surface area contributed by atoms with Crippen LogP contribution < -0.4 is 5.32 Å². The van der Waals surface area contributed by atoms with Crippen molar-refractivity contribution in [1.29, 1.82) is 0 Å². The van der Waals surface area contributed by atoms with Gasteiger partial charge in [-0.25, -0.2) is 0 Å². The van der Waals surface area contributed by atoms with Crippen LogP contribution in [0.3, 0.4) is 0 Å². The first-order valence-electron chi connectivity index (χ1n) is 4.64. The van der Waals surface area contributed by atoms with Crippen molar-refractivity contribution < 1.29 is 4.52 Å². The summed E-state index contributed by atoms with van der Waals surface area (Å²) in [6.07, 6.45) is 0.902. The Hall–Kier alpha value is -0.830. The number of hydrogen-bond acceptors (Lipinski definition) is 3. The SMILES string of the molecule is CNCCc1cc(C(C)(C)C)no1. The maximum atomic E-state index is 5.20. The smallest absolute Gasteiger partial charge is 0.138 e. The molecule has 74 valence electrons. The topological polar surface area (TPSA) is 38.1 Å². The molecule has 1 N–H and O–H groups in total. The maximum absolute atomic E-state index is 5.20. The lowest BCUT2D eigenvalue weighted by atomic mass is 9.92. The van der Waals surface area contributed by atoms with Crippen LogP contribution in [0.15, 0.2) is 10.6 Å². The van der Waals surface area contributed by atoms with Crippen LogP contribution in [0.2, 0.25) is 0 Å². The van der Waals surface area contributed by atoms with E-state index in [2.05, 4.69) is 31.2 Å². The summed E-state index contributed by atoms with van der Waals surface area (Å²) in [5, 5.41) is 7.11. The second-order valence-electron chi connectivity index (χ2n) is 4.28. The van der Waals surface area contributed by atoms with E-state index in [9.17, 15) is 0 Å². The Morgan fingerprint density at radius 3 is 2.62 bits per heavy atom. The monoisotopic (exact) mass is 182 g/mol. The first kappa shape index (κ1) is 10.3. The molecule has 0 aliphatic heterocycles. The third-order valence-electron chi connectivity index (χ3n) is 1.95. The van der Waals surface area contributed by atoms with Gasteiger partial charge in [-0.3, -0.25) is 0 Å². The van der Waals surface area contributed by atoms with Gasteiger partial charge in [0.15, 0.2) is 0 Å². The number of nitrogens with one attached hydrogen (secondary N) is 1. The molecule has 3 nitrogen and oxygen atoms in total. The van der Waals surface area contributed by atoms with Gasteiger partial charge in [-0.1, -0.05) is 25.9 Å². The second-order valence-corrected chi connectivity index (χ2v) is 4.28. The zero-order valence-corrected chi connectivity index (χ0v) is 8.85. The van der Waals surface area contributed by atoms with Crippen molar-refractivity contribution in [2.45, 2.75) is 32.6 Å². The predicted octanol–water partition coefficient (Wildman–Crippen LogP) is 1.73. The molecule has 0 atom stereocenters. The lowest BCUT2D eigenvalue weighted by Crippen LogP contribution is -2.11. The van der Waals surface area contributed by atoms with Gasteiger partial charge in [-0.15, -0.1) is 0 Å². The molecule has 0 amide bonds. The molecular formula is C10H18N2O. The minimum absolute atomic E-state index is 0.0847. The number of hydrogen-bond donors (Lipinski definition) is 1. The molecule has 0 aliphatic rings. The number of rotatable bonds is 3. The number of likely N-dealkylation sites (N-methyl/N-ethyl adjacent to an activating group) is 1. The summed E-state index contributed by atoms with van der Waals surface area (Å²) in [7, 11) is 1.93. The van der Waals surface area contributed by atoms with E-state index in [-0.39, 0.29) is 5.41 Å². The van der Waals surface area contributed by atoms with Crippen LogP contribution >= 0.6 is 0 Å². The Morgan fingerprint density at radius 2 is 2.15 bits per heavy atom. The van der Waals surface area contributed by atoms with Gasteiger partial charge in [0, 0.05) is 24.4 Å². The highest BCUT2D eigenvalue weighted by Gasteiger charge is 2.18. The van der Waals surface area contributed by atoms with Gasteiger partial charge in [0.05, 0.1) is 5.69 Å². The molecule has 0 aromatic carbocycles. The largest absolute Gasteiger partial charge is 0.361 e. The van der Waals surface area contributed by atoms with E-state index in [4.69, 9.17) is 4.52 Å². The highest BCUT2D eigenvalue weighted by atomic mass is 16.5. The zero-order valence-electron chi connectivity index (χ0n) is 8.85. The molecule has 0 saturated heterocycles. The first-order chi connectivity index (χ1) is 6.04. The Morgan fingerprint density at radius 1 is 1.46 bits per heavy atom. The van der Waals surface area contributed by atoms with E-state index >= 15 is 0 Å². The van der Waals surface area contributed by atoms with E-state index in [1.165, 1.54) is 0 Å². The summed E-state index contributed by atoms with van der Waals surface area (Å²) in [5.41, 5.74) is 1.11. The molecule has 1 heterocycles. The van der Waals surface area contributed by atoms with Gasteiger partial charge in [0.2, 0.25) is 0 Å². The molecule has 0 bridgehead atoms. The highest BCUT2D eigenvalue weighted by molar-refractivity contribution is 5.14. The van der Waals surface area contributed by atoms with Crippen molar-refractivity contribution in [3.05, 3.63) is 17.5 Å². The zero-order chi connectivity index (χ0) is 9.90. The van der Waals surface area contributed by atoms with Crippen molar-refractivity contribution in [3.8, 4) is 0 Å². The fourth-order valence-electron chi connectivity index (χ4n) is 1.03. The molecule has 0 spiro atoms. The van der Waals surface area contributed by atoms with E-state index in [1.807, 2.05) is 13.1 Å². The summed E-state index contributed by atoms with van der Waals surface area (Å²) in [6.45, 7) is 7.32. The van der Waals surface area contributed by atoms with E-state index < -0.39 is 0 Å². The fraction of sp³-hybridized carbons (Fsp3) is 0.700. The molecule has 0 unspecified atom stereocenters. The molecule has 1 aromatic rings. The summed E-state index contributed by atoms with van der Waals surface area (Å²) >= 11 is 0. The van der Waals surface area contributed by atoms with E-state index in [0.717, 1.165) is 24.4 Å². The Labute approximate surface area is 79.5 Å². The summed E-state index contributed by atoms with van der Waals surface area (Å²) < 4.78 is 5.20. The normalized spacial score (nSPS) is 12.0. The summed E-state index contributed by atoms with van der Waals surface area (Å²) in [4.78, 5) is 0. The van der Waals surface area contributed by atoms with Crippen LogP contribution in [0.25, 0.3) is 0 Å². The van der Waals surface area contributed by atoms with Crippen molar-refractivity contribution in [3.63, 3.8) is 0 Å². The molecule has 13 heavy (non-hydrogen) atoms. The quantitative estimate of drug-likeness (QED) is 0.773. The Balaban J connectivity index is 2.64. The Kier molecular flexibility index (Phi) is 3.09. The summed E-state index contributed by atoms with van der Waals surface area (Å²) in [5.74, 6) is 0.958. The van der Waals surface area contributed by atoms with Crippen molar-refractivity contribution >= 4 is 0 Å². The molecule has 0 saturated carbocycles. The summed E-state index contributed by atoms with van der Waals surface area (Å²) in [6, 6.07) is 2.04. The lowest BCUT2D eigenvalue weighted by molar-refractivity contribution is 0.363. The molecule has 1 aromatic heterocycles. The van der Waals surface area contributed by atoms with Gasteiger partial charge in [0.1, 0.15) is 5.76 Å². The third-order valence-corrected chi connectivity index (χ3v) is 1.95. The van der Waals surface area contributed by atoms with Gasteiger partial charge in [0.25, 0.3) is 0 Å². The van der Waals surface area contributed by atoms with Crippen LogP contribution in [0.4, 0.5) is 0 Å². The highest BCUT2D eigenvalue weighted by Crippen LogP contribution is 2.21. The molecule has 0 radical (unpaired) electrons. The number of aromatic nitrogens is 1. The molecule has 0 aliphatic carbocycles. The first-order valence-corrected chi connectivity index (χ1v) is 4.64. The van der Waals surface area contributed by atoms with E-state index in [1.54, 1.807) is 0 Å². The van der Waals surface area contributed by atoms with Crippen LogP contribution in [0, 0.1) is 0 Å².